The Hall–Kier alpha value is -1.82. The van der Waals surface area contributed by atoms with Crippen LogP contribution in [0.1, 0.15) is 34.2 Å². The van der Waals surface area contributed by atoms with Crippen LogP contribution in [0.5, 0.6) is 5.75 Å². The number of carboxylic acids is 1. The van der Waals surface area contributed by atoms with Gasteiger partial charge in [0.15, 0.2) is 0 Å². The number of ether oxygens (including phenoxy) is 1. The van der Waals surface area contributed by atoms with E-state index in [1.54, 1.807) is 12.1 Å². The summed E-state index contributed by atoms with van der Waals surface area (Å²) >= 11 is 3.49. The molecule has 0 unspecified atom stereocenters. The Kier molecular flexibility index (Phi) is 4.67. The van der Waals surface area contributed by atoms with Crippen LogP contribution in [-0.2, 0) is 13.2 Å². The van der Waals surface area contributed by atoms with Gasteiger partial charge in [0.1, 0.15) is 17.9 Å². The Balaban J connectivity index is 2.27. The number of aryl methyl sites for hydroxylation is 3. The number of carbonyl (C=O) groups is 1. The Morgan fingerprint density at radius 2 is 2.14 bits per heavy atom. The number of rotatable bonds is 5. The number of hydrogen-bond donors (Lipinski definition) is 1. The molecule has 1 aromatic carbocycles. The number of aromatic carboxylic acids is 1. The fraction of sp³-hybridized carbons (Fsp3) is 0.333. The minimum atomic E-state index is -0.993. The van der Waals surface area contributed by atoms with Crippen LogP contribution in [0.3, 0.4) is 0 Å². The van der Waals surface area contributed by atoms with Crippen molar-refractivity contribution in [3.63, 3.8) is 0 Å². The lowest BCUT2D eigenvalue weighted by Gasteiger charge is -2.11. The molecule has 0 saturated carbocycles. The van der Waals surface area contributed by atoms with Crippen molar-refractivity contribution in [3.8, 4) is 5.75 Å². The van der Waals surface area contributed by atoms with Gasteiger partial charge in [0.2, 0.25) is 0 Å². The Morgan fingerprint density at radius 3 is 2.76 bits per heavy atom. The maximum atomic E-state index is 11.3. The predicted octanol–water partition coefficient (Wildman–Crippen LogP) is 3.56. The van der Waals surface area contributed by atoms with Gasteiger partial charge in [-0.2, -0.15) is 5.10 Å². The first-order valence-corrected chi connectivity index (χ1v) is 7.41. The van der Waals surface area contributed by atoms with Gasteiger partial charge in [-0.25, -0.2) is 4.79 Å². The Bertz CT molecular complexity index is 680. The average Bonchev–Trinajstić information content (AvgIpc) is 2.72. The molecule has 0 spiro atoms. The molecule has 6 heteroatoms. The summed E-state index contributed by atoms with van der Waals surface area (Å²) in [6.07, 6.45) is 0. The molecule has 0 bridgehead atoms. The highest BCUT2D eigenvalue weighted by atomic mass is 79.9. The number of aromatic nitrogens is 2. The minimum Gasteiger partial charge on any atom is -0.486 e. The van der Waals surface area contributed by atoms with Crippen molar-refractivity contribution in [2.24, 2.45) is 0 Å². The number of hydrogen-bond acceptors (Lipinski definition) is 3. The van der Waals surface area contributed by atoms with Crippen molar-refractivity contribution in [3.05, 3.63) is 45.2 Å². The summed E-state index contributed by atoms with van der Waals surface area (Å²) in [6, 6.07) is 5.13. The first-order chi connectivity index (χ1) is 9.93. The maximum Gasteiger partial charge on any atom is 0.339 e. The molecule has 0 amide bonds. The van der Waals surface area contributed by atoms with E-state index in [1.165, 1.54) is 0 Å². The van der Waals surface area contributed by atoms with Crippen LogP contribution in [0.2, 0.25) is 0 Å². The first-order valence-electron chi connectivity index (χ1n) is 6.62. The van der Waals surface area contributed by atoms with Crippen LogP contribution in [0.4, 0.5) is 0 Å². The molecular formula is C15H17BrN2O3. The Labute approximate surface area is 131 Å². The van der Waals surface area contributed by atoms with E-state index < -0.39 is 5.97 Å². The molecular weight excluding hydrogens is 336 g/mol. The molecule has 0 radical (unpaired) electrons. The fourth-order valence-electron chi connectivity index (χ4n) is 2.09. The largest absolute Gasteiger partial charge is 0.486 e. The molecule has 0 atom stereocenters. The summed E-state index contributed by atoms with van der Waals surface area (Å²) in [7, 11) is 0. The molecule has 0 aliphatic carbocycles. The molecule has 0 fully saturated rings. The van der Waals surface area contributed by atoms with E-state index >= 15 is 0 Å². The van der Waals surface area contributed by atoms with Crippen LogP contribution in [0.15, 0.2) is 22.7 Å². The minimum absolute atomic E-state index is 0.172. The highest BCUT2D eigenvalue weighted by Gasteiger charge is 2.15. The van der Waals surface area contributed by atoms with Gasteiger partial charge in [-0.3, -0.25) is 4.68 Å². The molecule has 21 heavy (non-hydrogen) atoms. The zero-order valence-electron chi connectivity index (χ0n) is 12.2. The van der Waals surface area contributed by atoms with Crippen molar-refractivity contribution in [1.29, 1.82) is 0 Å². The van der Waals surface area contributed by atoms with E-state index in [9.17, 15) is 9.90 Å². The van der Waals surface area contributed by atoms with Crippen LogP contribution in [0, 0.1) is 13.8 Å². The Morgan fingerprint density at radius 1 is 1.43 bits per heavy atom. The number of halogens is 1. The summed E-state index contributed by atoms with van der Waals surface area (Å²) < 4.78 is 8.44. The molecule has 5 nitrogen and oxygen atoms in total. The predicted molar refractivity (Wildman–Crippen MR) is 82.8 cm³/mol. The third-order valence-corrected chi connectivity index (χ3v) is 4.21. The molecule has 1 heterocycles. The summed E-state index contributed by atoms with van der Waals surface area (Å²) in [6.45, 7) is 6.75. The zero-order valence-corrected chi connectivity index (χ0v) is 13.8. The zero-order chi connectivity index (χ0) is 15.6. The van der Waals surface area contributed by atoms with Crippen LogP contribution < -0.4 is 4.74 Å². The molecule has 0 aliphatic rings. The quantitative estimate of drug-likeness (QED) is 0.893. The van der Waals surface area contributed by atoms with Gasteiger partial charge in [0.05, 0.1) is 15.9 Å². The van der Waals surface area contributed by atoms with Gasteiger partial charge < -0.3 is 9.84 Å². The standard InChI is InChI=1S/C15H17BrN2O3/c1-4-18-12(14(16)10(3)17-18)8-21-13-6-5-9(2)7-11(13)15(19)20/h5-7H,4,8H2,1-3H3,(H,19,20). The van der Waals surface area contributed by atoms with E-state index in [2.05, 4.69) is 21.0 Å². The van der Waals surface area contributed by atoms with Gasteiger partial charge in [-0.1, -0.05) is 11.6 Å². The second kappa shape index (κ2) is 6.30. The maximum absolute atomic E-state index is 11.3. The molecule has 112 valence electrons. The van der Waals surface area contributed by atoms with E-state index in [4.69, 9.17) is 4.74 Å². The van der Waals surface area contributed by atoms with Crippen LogP contribution >= 0.6 is 15.9 Å². The number of nitrogens with zero attached hydrogens (tertiary/aromatic N) is 2. The van der Waals surface area contributed by atoms with Gasteiger partial charge in [-0.15, -0.1) is 0 Å². The summed E-state index contributed by atoms with van der Waals surface area (Å²) in [5.74, 6) is -0.630. The molecule has 1 aromatic heterocycles. The lowest BCUT2D eigenvalue weighted by Crippen LogP contribution is -2.09. The third kappa shape index (κ3) is 3.26. The normalized spacial score (nSPS) is 10.7. The number of carboxylic acid groups (broad SMARTS) is 1. The topological polar surface area (TPSA) is 64.4 Å². The molecule has 1 N–H and O–H groups in total. The van der Waals surface area contributed by atoms with Crippen molar-refractivity contribution in [2.45, 2.75) is 33.9 Å². The lowest BCUT2D eigenvalue weighted by molar-refractivity contribution is 0.0691. The average molecular weight is 353 g/mol. The van der Waals surface area contributed by atoms with Crippen molar-refractivity contribution < 1.29 is 14.6 Å². The molecule has 0 saturated heterocycles. The van der Waals surface area contributed by atoms with Crippen molar-refractivity contribution in [1.82, 2.24) is 9.78 Å². The van der Waals surface area contributed by atoms with Crippen LogP contribution in [0.25, 0.3) is 0 Å². The van der Waals surface area contributed by atoms with Gasteiger partial charge >= 0.3 is 5.97 Å². The smallest absolute Gasteiger partial charge is 0.339 e. The second-order valence-corrected chi connectivity index (χ2v) is 5.55. The van der Waals surface area contributed by atoms with Gasteiger partial charge in [0.25, 0.3) is 0 Å². The highest BCUT2D eigenvalue weighted by molar-refractivity contribution is 9.10. The molecule has 2 rings (SSSR count). The SMILES string of the molecule is CCn1nc(C)c(Br)c1COc1ccc(C)cc1C(=O)O. The third-order valence-electron chi connectivity index (χ3n) is 3.18. The summed E-state index contributed by atoms with van der Waals surface area (Å²) in [5.41, 5.74) is 2.84. The summed E-state index contributed by atoms with van der Waals surface area (Å²) in [5, 5.41) is 13.6. The lowest BCUT2D eigenvalue weighted by atomic mass is 10.1. The first kappa shape index (κ1) is 15.6. The fourth-order valence-corrected chi connectivity index (χ4v) is 2.49. The van der Waals surface area contributed by atoms with E-state index in [1.807, 2.05) is 31.5 Å². The number of benzene rings is 1. The van der Waals surface area contributed by atoms with Gasteiger partial charge in [-0.05, 0) is 48.8 Å². The monoisotopic (exact) mass is 352 g/mol. The van der Waals surface area contributed by atoms with Crippen molar-refractivity contribution >= 4 is 21.9 Å². The van der Waals surface area contributed by atoms with Gasteiger partial charge in [0, 0.05) is 6.54 Å². The van der Waals surface area contributed by atoms with Crippen molar-refractivity contribution in [2.75, 3.05) is 0 Å². The van der Waals surface area contributed by atoms with E-state index in [0.29, 0.717) is 5.75 Å². The second-order valence-electron chi connectivity index (χ2n) is 4.76. The molecule has 2 aromatic rings. The highest BCUT2D eigenvalue weighted by Crippen LogP contribution is 2.25. The van der Waals surface area contributed by atoms with Crippen LogP contribution in [-0.4, -0.2) is 20.9 Å². The summed E-state index contributed by atoms with van der Waals surface area (Å²) in [4.78, 5) is 11.3. The van der Waals surface area contributed by atoms with E-state index in [-0.39, 0.29) is 12.2 Å². The molecule has 0 aliphatic heterocycles. The van der Waals surface area contributed by atoms with E-state index in [0.717, 1.165) is 28.0 Å².